The van der Waals surface area contributed by atoms with Crippen LogP contribution in [0.25, 0.3) is 0 Å². The number of halogens is 1. The molecule has 2 fully saturated rings. The van der Waals surface area contributed by atoms with Crippen molar-refractivity contribution in [1.29, 1.82) is 0 Å². The van der Waals surface area contributed by atoms with Crippen LogP contribution in [0.3, 0.4) is 0 Å². The summed E-state index contributed by atoms with van der Waals surface area (Å²) in [6, 6.07) is 8.21. The average molecular weight is 439 g/mol. The van der Waals surface area contributed by atoms with Crippen molar-refractivity contribution in [2.45, 2.75) is 57.6 Å². The van der Waals surface area contributed by atoms with Gasteiger partial charge in [-0.15, -0.1) is 0 Å². The molecule has 150 valence electrons. The lowest BCUT2D eigenvalue weighted by Crippen LogP contribution is -2.60. The standard InChI is InChI=1S/C21H31BrN2O3/c1-20(2,3)18-14-23(11-12-24(18)19(25)26)13-17(21(27)9-4-10-21)15-5-7-16(22)8-6-15/h5-8,17-18,27H,4,9-14H2,1-3H3,(H,25,26). The molecule has 27 heavy (non-hydrogen) atoms. The zero-order valence-corrected chi connectivity index (χ0v) is 18.1. The fourth-order valence-electron chi connectivity index (χ4n) is 4.40. The lowest BCUT2D eigenvalue weighted by Gasteiger charge is -2.49. The quantitative estimate of drug-likeness (QED) is 0.740. The van der Waals surface area contributed by atoms with Gasteiger partial charge in [-0.1, -0.05) is 48.8 Å². The molecule has 3 rings (SSSR count). The van der Waals surface area contributed by atoms with E-state index in [0.717, 1.165) is 35.8 Å². The van der Waals surface area contributed by atoms with Crippen LogP contribution in [0.2, 0.25) is 0 Å². The molecule has 2 aliphatic rings. The Kier molecular flexibility index (Phi) is 5.90. The number of carbonyl (C=O) groups is 1. The van der Waals surface area contributed by atoms with Gasteiger partial charge in [-0.05, 0) is 42.4 Å². The normalized spacial score (nSPS) is 24.3. The van der Waals surface area contributed by atoms with Crippen LogP contribution in [0.1, 0.15) is 51.5 Å². The molecule has 1 aliphatic heterocycles. The molecule has 2 atom stereocenters. The molecule has 1 heterocycles. The highest BCUT2D eigenvalue weighted by Crippen LogP contribution is 2.44. The fourth-order valence-corrected chi connectivity index (χ4v) is 4.67. The van der Waals surface area contributed by atoms with E-state index in [1.807, 2.05) is 12.1 Å². The molecule has 6 heteroatoms. The number of nitrogens with zero attached hydrogens (tertiary/aromatic N) is 2. The SMILES string of the molecule is CC(C)(C)C1CN(CC(c2ccc(Br)cc2)C2(O)CCC2)CCN1C(=O)O. The van der Waals surface area contributed by atoms with Crippen molar-refractivity contribution < 1.29 is 15.0 Å². The predicted octanol–water partition coefficient (Wildman–Crippen LogP) is 4.16. The third-order valence-electron chi connectivity index (χ3n) is 6.29. The zero-order valence-electron chi connectivity index (χ0n) is 16.5. The first-order valence-corrected chi connectivity index (χ1v) is 10.6. The molecule has 5 nitrogen and oxygen atoms in total. The number of hydrogen-bond donors (Lipinski definition) is 2. The van der Waals surface area contributed by atoms with Gasteiger partial charge in [0, 0.05) is 36.6 Å². The van der Waals surface area contributed by atoms with E-state index in [1.54, 1.807) is 4.90 Å². The van der Waals surface area contributed by atoms with Crippen molar-refractivity contribution in [3.63, 3.8) is 0 Å². The summed E-state index contributed by atoms with van der Waals surface area (Å²) < 4.78 is 1.04. The molecule has 0 bridgehead atoms. The Bertz CT molecular complexity index is 667. The maximum atomic E-state index is 11.7. The number of rotatable bonds is 4. The van der Waals surface area contributed by atoms with Gasteiger partial charge in [0.1, 0.15) is 0 Å². The highest BCUT2D eigenvalue weighted by molar-refractivity contribution is 9.10. The molecule has 2 N–H and O–H groups in total. The summed E-state index contributed by atoms with van der Waals surface area (Å²) in [6.07, 6.45) is 1.91. The Labute approximate surface area is 170 Å². The predicted molar refractivity (Wildman–Crippen MR) is 110 cm³/mol. The Morgan fingerprint density at radius 3 is 2.37 bits per heavy atom. The molecule has 0 radical (unpaired) electrons. The maximum absolute atomic E-state index is 11.7. The maximum Gasteiger partial charge on any atom is 0.407 e. The van der Waals surface area contributed by atoms with E-state index in [-0.39, 0.29) is 17.4 Å². The molecule has 1 aromatic carbocycles. The van der Waals surface area contributed by atoms with Gasteiger partial charge in [-0.3, -0.25) is 4.90 Å². The first-order valence-electron chi connectivity index (χ1n) is 9.80. The van der Waals surface area contributed by atoms with Gasteiger partial charge in [-0.25, -0.2) is 4.79 Å². The van der Waals surface area contributed by atoms with Gasteiger partial charge in [0.15, 0.2) is 0 Å². The first-order chi connectivity index (χ1) is 12.6. The van der Waals surface area contributed by atoms with Crippen molar-refractivity contribution >= 4 is 22.0 Å². The van der Waals surface area contributed by atoms with Gasteiger partial charge in [-0.2, -0.15) is 0 Å². The highest BCUT2D eigenvalue weighted by Gasteiger charge is 2.45. The Morgan fingerprint density at radius 2 is 1.89 bits per heavy atom. The summed E-state index contributed by atoms with van der Waals surface area (Å²) in [7, 11) is 0. The van der Waals surface area contributed by atoms with Crippen molar-refractivity contribution in [1.82, 2.24) is 9.80 Å². The second-order valence-corrected chi connectivity index (χ2v) is 10.1. The molecule has 1 saturated heterocycles. The molecular formula is C21H31BrN2O3. The molecule has 2 unspecified atom stereocenters. The second kappa shape index (κ2) is 7.72. The molecule has 1 aliphatic carbocycles. The summed E-state index contributed by atoms with van der Waals surface area (Å²) in [4.78, 5) is 15.6. The van der Waals surface area contributed by atoms with Crippen LogP contribution in [0.5, 0.6) is 0 Å². The smallest absolute Gasteiger partial charge is 0.407 e. The number of carboxylic acid groups (broad SMARTS) is 1. The van der Waals surface area contributed by atoms with E-state index < -0.39 is 11.7 Å². The van der Waals surface area contributed by atoms with Crippen molar-refractivity contribution in [3.8, 4) is 0 Å². The van der Waals surface area contributed by atoms with Crippen LogP contribution in [-0.4, -0.2) is 63.9 Å². The minimum Gasteiger partial charge on any atom is -0.465 e. The lowest BCUT2D eigenvalue weighted by molar-refractivity contribution is -0.0709. The van der Waals surface area contributed by atoms with Crippen LogP contribution in [-0.2, 0) is 0 Å². The van der Waals surface area contributed by atoms with Crippen LogP contribution < -0.4 is 0 Å². The number of benzene rings is 1. The Hall–Kier alpha value is -1.11. The molecule has 1 amide bonds. The van der Waals surface area contributed by atoms with E-state index in [2.05, 4.69) is 53.7 Å². The Morgan fingerprint density at radius 1 is 1.26 bits per heavy atom. The van der Waals surface area contributed by atoms with Crippen molar-refractivity contribution in [3.05, 3.63) is 34.3 Å². The third kappa shape index (κ3) is 4.49. The van der Waals surface area contributed by atoms with Gasteiger partial charge >= 0.3 is 6.09 Å². The summed E-state index contributed by atoms with van der Waals surface area (Å²) in [5.74, 6) is 0.0522. The van der Waals surface area contributed by atoms with E-state index in [0.29, 0.717) is 19.6 Å². The van der Waals surface area contributed by atoms with Crippen LogP contribution >= 0.6 is 15.9 Å². The summed E-state index contributed by atoms with van der Waals surface area (Å²) in [6.45, 7) is 9.00. The second-order valence-electron chi connectivity index (χ2n) is 9.18. The van der Waals surface area contributed by atoms with E-state index >= 15 is 0 Å². The molecule has 1 aromatic rings. The third-order valence-corrected chi connectivity index (χ3v) is 6.82. The topological polar surface area (TPSA) is 64.0 Å². The van der Waals surface area contributed by atoms with Gasteiger partial charge in [0.25, 0.3) is 0 Å². The average Bonchev–Trinajstić information content (AvgIpc) is 2.57. The highest BCUT2D eigenvalue weighted by atomic mass is 79.9. The molecular weight excluding hydrogens is 408 g/mol. The molecule has 1 saturated carbocycles. The largest absolute Gasteiger partial charge is 0.465 e. The first kappa shape index (κ1) is 20.6. The van der Waals surface area contributed by atoms with Crippen molar-refractivity contribution in [2.75, 3.05) is 26.2 Å². The molecule has 0 aromatic heterocycles. The minimum atomic E-state index is -0.836. The summed E-state index contributed by atoms with van der Waals surface area (Å²) in [5, 5.41) is 20.7. The molecule has 0 spiro atoms. The van der Waals surface area contributed by atoms with Crippen LogP contribution in [0, 0.1) is 5.41 Å². The van der Waals surface area contributed by atoms with Gasteiger partial charge in [0.2, 0.25) is 0 Å². The fraction of sp³-hybridized carbons (Fsp3) is 0.667. The zero-order chi connectivity index (χ0) is 19.8. The number of hydrogen-bond acceptors (Lipinski definition) is 3. The van der Waals surface area contributed by atoms with E-state index in [9.17, 15) is 15.0 Å². The summed E-state index contributed by atoms with van der Waals surface area (Å²) >= 11 is 3.49. The lowest BCUT2D eigenvalue weighted by atomic mass is 9.68. The van der Waals surface area contributed by atoms with Crippen molar-refractivity contribution in [2.24, 2.45) is 5.41 Å². The van der Waals surface area contributed by atoms with E-state index in [4.69, 9.17) is 0 Å². The monoisotopic (exact) mass is 438 g/mol. The summed E-state index contributed by atoms with van der Waals surface area (Å²) in [5.41, 5.74) is 0.389. The Balaban J connectivity index is 1.80. The van der Waals surface area contributed by atoms with Gasteiger partial charge < -0.3 is 15.1 Å². The number of aliphatic hydroxyl groups is 1. The van der Waals surface area contributed by atoms with E-state index in [1.165, 1.54) is 0 Å². The van der Waals surface area contributed by atoms with Crippen LogP contribution in [0.4, 0.5) is 4.79 Å². The minimum absolute atomic E-state index is 0.0506. The number of piperazine rings is 1. The van der Waals surface area contributed by atoms with Crippen LogP contribution in [0.15, 0.2) is 28.7 Å². The number of amides is 1. The van der Waals surface area contributed by atoms with Gasteiger partial charge in [0.05, 0.1) is 11.6 Å².